The third-order valence-electron chi connectivity index (χ3n) is 3.96. The zero-order valence-electron chi connectivity index (χ0n) is 13.3. The lowest BCUT2D eigenvalue weighted by Gasteiger charge is -2.23. The molecule has 23 heavy (non-hydrogen) atoms. The van der Waals surface area contributed by atoms with Crippen LogP contribution in [-0.4, -0.2) is 34.7 Å². The van der Waals surface area contributed by atoms with Gasteiger partial charge in [-0.05, 0) is 25.8 Å². The van der Waals surface area contributed by atoms with Gasteiger partial charge in [-0.15, -0.1) is 0 Å². The van der Waals surface area contributed by atoms with Crippen molar-refractivity contribution in [3.63, 3.8) is 0 Å². The predicted molar refractivity (Wildman–Crippen MR) is 82.9 cm³/mol. The SMILES string of the molecule is COc1ncccc1CNC(=O)N1CCC[C@H]1c1cc(C)no1. The van der Waals surface area contributed by atoms with E-state index in [4.69, 9.17) is 9.26 Å². The van der Waals surface area contributed by atoms with E-state index in [9.17, 15) is 4.79 Å². The number of hydrogen-bond donors (Lipinski definition) is 1. The highest BCUT2D eigenvalue weighted by Gasteiger charge is 2.32. The molecule has 3 rings (SSSR count). The fourth-order valence-corrected chi connectivity index (χ4v) is 2.86. The molecule has 0 aliphatic carbocycles. The van der Waals surface area contributed by atoms with E-state index in [-0.39, 0.29) is 12.1 Å². The normalized spacial score (nSPS) is 17.3. The lowest BCUT2D eigenvalue weighted by atomic mass is 10.1. The average molecular weight is 316 g/mol. The molecule has 1 aliphatic heterocycles. The molecule has 122 valence electrons. The van der Waals surface area contributed by atoms with Crippen LogP contribution in [0, 0.1) is 6.92 Å². The molecule has 0 saturated carbocycles. The van der Waals surface area contributed by atoms with Gasteiger partial charge in [0.15, 0.2) is 5.76 Å². The van der Waals surface area contributed by atoms with Gasteiger partial charge in [0.1, 0.15) is 0 Å². The molecule has 0 unspecified atom stereocenters. The molecule has 1 N–H and O–H groups in total. The molecule has 7 heteroatoms. The Labute approximate surface area is 134 Å². The van der Waals surface area contributed by atoms with Gasteiger partial charge in [-0.1, -0.05) is 11.2 Å². The van der Waals surface area contributed by atoms with Gasteiger partial charge in [0.25, 0.3) is 0 Å². The highest BCUT2D eigenvalue weighted by molar-refractivity contribution is 5.75. The number of ether oxygens (including phenoxy) is 1. The third-order valence-corrected chi connectivity index (χ3v) is 3.96. The van der Waals surface area contributed by atoms with E-state index < -0.39 is 0 Å². The van der Waals surface area contributed by atoms with Crippen molar-refractivity contribution in [2.75, 3.05) is 13.7 Å². The molecule has 2 amide bonds. The number of likely N-dealkylation sites (tertiary alicyclic amines) is 1. The van der Waals surface area contributed by atoms with E-state index in [0.717, 1.165) is 29.9 Å². The van der Waals surface area contributed by atoms with Gasteiger partial charge < -0.3 is 19.5 Å². The first-order valence-corrected chi connectivity index (χ1v) is 7.64. The van der Waals surface area contributed by atoms with E-state index in [1.165, 1.54) is 0 Å². The molecular weight excluding hydrogens is 296 g/mol. The minimum Gasteiger partial charge on any atom is -0.481 e. The maximum atomic E-state index is 12.5. The summed E-state index contributed by atoms with van der Waals surface area (Å²) in [6, 6.07) is 5.42. The molecular formula is C16H20N4O3. The standard InChI is InChI=1S/C16H20N4O3/c1-11-9-14(23-19-11)13-6-4-8-20(13)16(21)18-10-12-5-3-7-17-15(12)22-2/h3,5,7,9,13H,4,6,8,10H2,1-2H3,(H,18,21)/t13-/m0/s1. The van der Waals surface area contributed by atoms with Gasteiger partial charge in [0.05, 0.1) is 18.8 Å². The molecule has 1 atom stereocenters. The summed E-state index contributed by atoms with van der Waals surface area (Å²) in [5.74, 6) is 1.27. The number of nitrogens with zero attached hydrogens (tertiary/aromatic N) is 3. The van der Waals surface area contributed by atoms with Crippen molar-refractivity contribution in [1.82, 2.24) is 20.4 Å². The van der Waals surface area contributed by atoms with Gasteiger partial charge >= 0.3 is 6.03 Å². The van der Waals surface area contributed by atoms with Crippen LogP contribution in [0.15, 0.2) is 28.9 Å². The minimum atomic E-state index is -0.118. The summed E-state index contributed by atoms with van der Waals surface area (Å²) in [7, 11) is 1.57. The number of aryl methyl sites for hydroxylation is 1. The second-order valence-electron chi connectivity index (χ2n) is 5.55. The number of carbonyl (C=O) groups excluding carboxylic acids is 1. The van der Waals surface area contributed by atoms with Crippen molar-refractivity contribution in [2.24, 2.45) is 0 Å². The number of urea groups is 1. The van der Waals surface area contributed by atoms with Crippen molar-refractivity contribution in [3.8, 4) is 5.88 Å². The van der Waals surface area contributed by atoms with Crippen molar-refractivity contribution in [1.29, 1.82) is 0 Å². The Kier molecular flexibility index (Phi) is 4.45. The van der Waals surface area contributed by atoms with Crippen LogP contribution in [-0.2, 0) is 6.54 Å². The molecule has 2 aromatic rings. The van der Waals surface area contributed by atoms with Gasteiger partial charge in [0.2, 0.25) is 5.88 Å². The summed E-state index contributed by atoms with van der Waals surface area (Å²) in [6.45, 7) is 2.95. The second kappa shape index (κ2) is 6.68. The summed E-state index contributed by atoms with van der Waals surface area (Å²) in [5, 5.41) is 6.84. The Balaban J connectivity index is 1.65. The van der Waals surface area contributed by atoms with E-state index >= 15 is 0 Å². The zero-order chi connectivity index (χ0) is 16.2. The van der Waals surface area contributed by atoms with E-state index in [1.807, 2.05) is 25.1 Å². The van der Waals surface area contributed by atoms with E-state index in [2.05, 4.69) is 15.5 Å². The van der Waals surface area contributed by atoms with Gasteiger partial charge in [0, 0.05) is 30.9 Å². The number of aromatic nitrogens is 2. The Morgan fingerprint density at radius 3 is 3.17 bits per heavy atom. The number of amides is 2. The Morgan fingerprint density at radius 2 is 2.43 bits per heavy atom. The minimum absolute atomic E-state index is 0.0491. The first-order chi connectivity index (χ1) is 11.2. The van der Waals surface area contributed by atoms with Crippen LogP contribution < -0.4 is 10.1 Å². The zero-order valence-corrected chi connectivity index (χ0v) is 13.3. The van der Waals surface area contributed by atoms with E-state index in [1.54, 1.807) is 18.2 Å². The van der Waals surface area contributed by atoms with Crippen LogP contribution >= 0.6 is 0 Å². The Hall–Kier alpha value is -2.57. The quantitative estimate of drug-likeness (QED) is 0.937. The summed E-state index contributed by atoms with van der Waals surface area (Å²) >= 11 is 0. The third kappa shape index (κ3) is 3.28. The highest BCUT2D eigenvalue weighted by atomic mass is 16.5. The van der Waals surface area contributed by atoms with Crippen LogP contribution in [0.3, 0.4) is 0 Å². The second-order valence-corrected chi connectivity index (χ2v) is 5.55. The fourth-order valence-electron chi connectivity index (χ4n) is 2.86. The molecule has 0 aromatic carbocycles. The maximum Gasteiger partial charge on any atom is 0.318 e. The average Bonchev–Trinajstić information content (AvgIpc) is 3.21. The Morgan fingerprint density at radius 1 is 1.57 bits per heavy atom. The summed E-state index contributed by atoms with van der Waals surface area (Å²) in [6.07, 6.45) is 3.50. The molecule has 3 heterocycles. The van der Waals surface area contributed by atoms with Gasteiger partial charge in [-0.3, -0.25) is 0 Å². The number of hydrogen-bond acceptors (Lipinski definition) is 5. The molecule has 1 saturated heterocycles. The lowest BCUT2D eigenvalue weighted by Crippen LogP contribution is -2.39. The number of rotatable bonds is 4. The van der Waals surface area contributed by atoms with Crippen LogP contribution in [0.1, 0.15) is 35.9 Å². The highest BCUT2D eigenvalue weighted by Crippen LogP contribution is 2.32. The van der Waals surface area contributed by atoms with Crippen molar-refractivity contribution >= 4 is 6.03 Å². The molecule has 1 fully saturated rings. The molecule has 0 bridgehead atoms. The topological polar surface area (TPSA) is 80.5 Å². The smallest absolute Gasteiger partial charge is 0.318 e. The van der Waals surface area contributed by atoms with Crippen LogP contribution in [0.25, 0.3) is 0 Å². The largest absolute Gasteiger partial charge is 0.481 e. The molecule has 7 nitrogen and oxygen atoms in total. The van der Waals surface area contributed by atoms with E-state index in [0.29, 0.717) is 19.0 Å². The number of nitrogens with one attached hydrogen (secondary N) is 1. The van der Waals surface area contributed by atoms with Crippen LogP contribution in [0.4, 0.5) is 4.79 Å². The first-order valence-electron chi connectivity index (χ1n) is 7.64. The fraction of sp³-hybridized carbons (Fsp3) is 0.438. The molecule has 1 aliphatic rings. The molecule has 2 aromatic heterocycles. The predicted octanol–water partition coefficient (Wildman–Crippen LogP) is 2.43. The molecule has 0 spiro atoms. The monoisotopic (exact) mass is 316 g/mol. The van der Waals surface area contributed by atoms with Crippen LogP contribution in [0.5, 0.6) is 5.88 Å². The van der Waals surface area contributed by atoms with Crippen molar-refractivity contribution in [3.05, 3.63) is 41.4 Å². The maximum absolute atomic E-state index is 12.5. The summed E-state index contributed by atoms with van der Waals surface area (Å²) in [4.78, 5) is 18.4. The summed E-state index contributed by atoms with van der Waals surface area (Å²) < 4.78 is 10.5. The number of pyridine rings is 1. The van der Waals surface area contributed by atoms with Gasteiger partial charge in [-0.25, -0.2) is 9.78 Å². The summed E-state index contributed by atoms with van der Waals surface area (Å²) in [5.41, 5.74) is 1.67. The molecule has 0 radical (unpaired) electrons. The first kappa shape index (κ1) is 15.3. The Bertz CT molecular complexity index is 685. The van der Waals surface area contributed by atoms with Crippen molar-refractivity contribution in [2.45, 2.75) is 32.4 Å². The lowest BCUT2D eigenvalue weighted by molar-refractivity contribution is 0.182. The van der Waals surface area contributed by atoms with Crippen molar-refractivity contribution < 1.29 is 14.1 Å². The van der Waals surface area contributed by atoms with Gasteiger partial charge in [-0.2, -0.15) is 0 Å². The number of methoxy groups -OCH3 is 1. The number of carbonyl (C=O) groups is 1. The van der Waals surface area contributed by atoms with Crippen LogP contribution in [0.2, 0.25) is 0 Å².